The van der Waals surface area contributed by atoms with E-state index in [0.717, 1.165) is 10.5 Å². The number of methoxy groups -OCH3 is 2. The first-order chi connectivity index (χ1) is 12.9. The average molecular weight is 407 g/mol. The molecular formula is C19H16Cl2N2O4. The fourth-order valence-electron chi connectivity index (χ4n) is 2.66. The van der Waals surface area contributed by atoms with Crippen LogP contribution in [0.4, 0.5) is 11.4 Å². The van der Waals surface area contributed by atoms with E-state index in [1.165, 1.54) is 14.2 Å². The zero-order valence-corrected chi connectivity index (χ0v) is 16.3. The van der Waals surface area contributed by atoms with E-state index in [-0.39, 0.29) is 10.7 Å². The molecule has 2 amide bonds. The second-order valence-corrected chi connectivity index (χ2v) is 6.55. The molecule has 8 heteroatoms. The Labute approximate surface area is 166 Å². The molecule has 0 unspecified atom stereocenters. The third-order valence-corrected chi connectivity index (χ3v) is 4.84. The first-order valence-corrected chi connectivity index (χ1v) is 8.66. The van der Waals surface area contributed by atoms with Crippen LogP contribution in [-0.2, 0) is 9.59 Å². The summed E-state index contributed by atoms with van der Waals surface area (Å²) in [5.41, 5.74) is 1.57. The summed E-state index contributed by atoms with van der Waals surface area (Å²) in [6.45, 7) is 1.81. The van der Waals surface area contributed by atoms with E-state index in [9.17, 15) is 9.59 Å². The first-order valence-electron chi connectivity index (χ1n) is 7.91. The Morgan fingerprint density at radius 3 is 2.41 bits per heavy atom. The lowest BCUT2D eigenvalue weighted by atomic mass is 10.2. The van der Waals surface area contributed by atoms with Crippen LogP contribution in [0, 0.1) is 6.92 Å². The maximum Gasteiger partial charge on any atom is 0.283 e. The van der Waals surface area contributed by atoms with Gasteiger partial charge in [-0.1, -0.05) is 29.3 Å². The van der Waals surface area contributed by atoms with E-state index in [1.807, 2.05) is 6.92 Å². The second kappa shape index (κ2) is 7.50. The minimum atomic E-state index is -0.623. The Morgan fingerprint density at radius 1 is 1.00 bits per heavy atom. The smallest absolute Gasteiger partial charge is 0.283 e. The highest BCUT2D eigenvalue weighted by atomic mass is 35.5. The standard InChI is InChI=1S/C19H16Cl2N2O4/c1-10-7-14(15(27-3)9-13(10)20)22-17-16(21)18(24)23(19(17)25)11-5-4-6-12(8-11)26-2/h4-9,22H,1-3H3. The molecule has 0 bridgehead atoms. The van der Waals surface area contributed by atoms with Crippen LogP contribution in [-0.4, -0.2) is 26.0 Å². The molecule has 1 aliphatic rings. The van der Waals surface area contributed by atoms with Gasteiger partial charge in [-0.25, -0.2) is 4.90 Å². The van der Waals surface area contributed by atoms with Crippen LogP contribution < -0.4 is 19.7 Å². The van der Waals surface area contributed by atoms with Crippen LogP contribution in [0.5, 0.6) is 11.5 Å². The minimum absolute atomic E-state index is 0.0375. The molecule has 0 saturated heterocycles. The van der Waals surface area contributed by atoms with Gasteiger partial charge in [-0.05, 0) is 30.7 Å². The first kappa shape index (κ1) is 19.1. The number of halogens is 2. The fourth-order valence-corrected chi connectivity index (χ4v) is 3.03. The van der Waals surface area contributed by atoms with E-state index < -0.39 is 11.8 Å². The number of hydrogen-bond donors (Lipinski definition) is 1. The maximum atomic E-state index is 12.9. The number of nitrogens with one attached hydrogen (secondary N) is 1. The van der Waals surface area contributed by atoms with Gasteiger partial charge in [0, 0.05) is 17.2 Å². The molecule has 3 rings (SSSR count). The highest BCUT2D eigenvalue weighted by Gasteiger charge is 2.39. The molecule has 0 atom stereocenters. The summed E-state index contributed by atoms with van der Waals surface area (Å²) in [6, 6.07) is 9.93. The van der Waals surface area contributed by atoms with Crippen molar-refractivity contribution in [1.29, 1.82) is 0 Å². The molecule has 27 heavy (non-hydrogen) atoms. The maximum absolute atomic E-state index is 12.9. The van der Waals surface area contributed by atoms with Crippen LogP contribution in [0.15, 0.2) is 47.1 Å². The summed E-state index contributed by atoms with van der Waals surface area (Å²) in [5.74, 6) is -0.266. The molecule has 6 nitrogen and oxygen atoms in total. The van der Waals surface area contributed by atoms with Gasteiger partial charge in [-0.3, -0.25) is 9.59 Å². The number of nitrogens with zero attached hydrogens (tertiary/aromatic N) is 1. The van der Waals surface area contributed by atoms with E-state index in [0.29, 0.717) is 27.9 Å². The SMILES string of the molecule is COc1cccc(N2C(=O)C(Cl)=C(Nc3cc(C)c(Cl)cc3OC)C2=O)c1. The zero-order valence-electron chi connectivity index (χ0n) is 14.8. The van der Waals surface area contributed by atoms with Gasteiger partial charge in [-0.2, -0.15) is 0 Å². The number of benzene rings is 2. The van der Waals surface area contributed by atoms with Crippen molar-refractivity contribution in [2.45, 2.75) is 6.92 Å². The Bertz CT molecular complexity index is 972. The molecule has 1 heterocycles. The summed E-state index contributed by atoms with van der Waals surface area (Å²) in [7, 11) is 2.98. The third kappa shape index (κ3) is 3.46. The molecule has 2 aromatic carbocycles. The number of imide groups is 1. The lowest BCUT2D eigenvalue weighted by molar-refractivity contribution is -0.120. The number of amides is 2. The van der Waals surface area contributed by atoms with Crippen LogP contribution in [0.25, 0.3) is 0 Å². The molecule has 0 radical (unpaired) electrons. The molecule has 0 spiro atoms. The van der Waals surface area contributed by atoms with Crippen molar-refractivity contribution in [2.24, 2.45) is 0 Å². The Balaban J connectivity index is 1.97. The van der Waals surface area contributed by atoms with E-state index in [4.69, 9.17) is 32.7 Å². The summed E-state index contributed by atoms with van der Waals surface area (Å²) < 4.78 is 10.4. The second-order valence-electron chi connectivity index (χ2n) is 5.76. The molecule has 1 N–H and O–H groups in total. The molecule has 0 fully saturated rings. The van der Waals surface area contributed by atoms with E-state index in [2.05, 4.69) is 5.32 Å². The van der Waals surface area contributed by atoms with Crippen molar-refractivity contribution in [3.63, 3.8) is 0 Å². The van der Waals surface area contributed by atoms with Crippen LogP contribution >= 0.6 is 23.2 Å². The number of anilines is 2. The average Bonchev–Trinajstić information content (AvgIpc) is 2.87. The number of hydrogen-bond acceptors (Lipinski definition) is 5. The van der Waals surface area contributed by atoms with Crippen molar-refractivity contribution in [1.82, 2.24) is 0 Å². The number of rotatable bonds is 5. The molecule has 1 aliphatic heterocycles. The molecule has 140 valence electrons. The molecular weight excluding hydrogens is 391 g/mol. The predicted molar refractivity (Wildman–Crippen MR) is 105 cm³/mol. The summed E-state index contributed by atoms with van der Waals surface area (Å²) >= 11 is 12.3. The van der Waals surface area contributed by atoms with Crippen molar-refractivity contribution in [2.75, 3.05) is 24.4 Å². The number of aryl methyl sites for hydroxylation is 1. The van der Waals surface area contributed by atoms with Crippen molar-refractivity contribution >= 4 is 46.4 Å². The van der Waals surface area contributed by atoms with Crippen LogP contribution in [0.2, 0.25) is 5.02 Å². The molecule has 2 aromatic rings. The van der Waals surface area contributed by atoms with Gasteiger partial charge in [0.15, 0.2) is 0 Å². The molecule has 0 saturated carbocycles. The predicted octanol–water partition coefficient (Wildman–Crippen LogP) is 4.10. The quantitative estimate of drug-likeness (QED) is 0.756. The van der Waals surface area contributed by atoms with Gasteiger partial charge in [0.05, 0.1) is 25.6 Å². The van der Waals surface area contributed by atoms with Gasteiger partial charge in [0.25, 0.3) is 11.8 Å². The summed E-state index contributed by atoms with van der Waals surface area (Å²) in [4.78, 5) is 26.4. The van der Waals surface area contributed by atoms with Gasteiger partial charge in [0.2, 0.25) is 0 Å². The summed E-state index contributed by atoms with van der Waals surface area (Å²) in [6.07, 6.45) is 0. The third-order valence-electron chi connectivity index (χ3n) is 4.08. The van der Waals surface area contributed by atoms with Crippen LogP contribution in [0.1, 0.15) is 5.56 Å². The largest absolute Gasteiger partial charge is 0.497 e. The monoisotopic (exact) mass is 406 g/mol. The number of carbonyl (C=O) groups excluding carboxylic acids is 2. The highest BCUT2D eigenvalue weighted by Crippen LogP contribution is 2.36. The lowest BCUT2D eigenvalue weighted by Crippen LogP contribution is -2.32. The molecule has 0 aromatic heterocycles. The van der Waals surface area contributed by atoms with Gasteiger partial charge in [-0.15, -0.1) is 0 Å². The minimum Gasteiger partial charge on any atom is -0.497 e. The molecule has 0 aliphatic carbocycles. The van der Waals surface area contributed by atoms with Gasteiger partial charge < -0.3 is 14.8 Å². The topological polar surface area (TPSA) is 67.9 Å². The Hall–Kier alpha value is -2.70. The number of ether oxygens (including phenoxy) is 2. The van der Waals surface area contributed by atoms with Crippen molar-refractivity contribution in [3.8, 4) is 11.5 Å². The van der Waals surface area contributed by atoms with Crippen LogP contribution in [0.3, 0.4) is 0 Å². The zero-order chi connectivity index (χ0) is 19.7. The number of carbonyl (C=O) groups is 2. The fraction of sp³-hybridized carbons (Fsp3) is 0.158. The normalized spacial score (nSPS) is 14.0. The van der Waals surface area contributed by atoms with Gasteiger partial charge in [0.1, 0.15) is 22.2 Å². The Kier molecular flexibility index (Phi) is 5.30. The van der Waals surface area contributed by atoms with Crippen molar-refractivity contribution < 1.29 is 19.1 Å². The highest BCUT2D eigenvalue weighted by molar-refractivity contribution is 6.53. The van der Waals surface area contributed by atoms with E-state index >= 15 is 0 Å². The van der Waals surface area contributed by atoms with Gasteiger partial charge >= 0.3 is 0 Å². The van der Waals surface area contributed by atoms with E-state index in [1.54, 1.807) is 36.4 Å². The van der Waals surface area contributed by atoms with Crippen molar-refractivity contribution in [3.05, 3.63) is 57.7 Å². The lowest BCUT2D eigenvalue weighted by Gasteiger charge is -2.17. The Morgan fingerprint density at radius 2 is 1.74 bits per heavy atom. The summed E-state index contributed by atoms with van der Waals surface area (Å²) in [5, 5.41) is 3.21.